The molecule has 1 aromatic heterocycles. The third-order valence-electron chi connectivity index (χ3n) is 5.30. The zero-order valence-electron chi connectivity index (χ0n) is 18.2. The van der Waals surface area contributed by atoms with Crippen molar-refractivity contribution in [1.82, 2.24) is 9.97 Å². The Bertz CT molecular complexity index is 1180. The zero-order chi connectivity index (χ0) is 21.6. The van der Waals surface area contributed by atoms with Crippen LogP contribution in [-0.2, 0) is 0 Å². The lowest BCUT2D eigenvalue weighted by atomic mass is 10.0. The first-order valence-corrected chi connectivity index (χ1v) is 10.7. The molecule has 0 unspecified atom stereocenters. The molecule has 0 amide bonds. The summed E-state index contributed by atoms with van der Waals surface area (Å²) in [6, 6.07) is 24.8. The minimum Gasteiger partial charge on any atom is -0.372 e. The number of hydrogen-bond acceptors (Lipinski definition) is 5. The van der Waals surface area contributed by atoms with Gasteiger partial charge in [0, 0.05) is 29.7 Å². The molecule has 0 bridgehead atoms. The van der Waals surface area contributed by atoms with Crippen LogP contribution in [0.4, 0.5) is 11.6 Å². The molecule has 4 rings (SSSR count). The number of benzene rings is 3. The topological polar surface area (TPSA) is 53.4 Å². The molecule has 1 heterocycles. The number of fused-ring (bicyclic) bond motifs is 1. The maximum Gasteiger partial charge on any atom is 0.244 e. The van der Waals surface area contributed by atoms with Gasteiger partial charge in [0.05, 0.1) is 17.4 Å². The number of aromatic nitrogens is 2. The van der Waals surface area contributed by atoms with Gasteiger partial charge >= 0.3 is 0 Å². The van der Waals surface area contributed by atoms with Crippen molar-refractivity contribution in [3.05, 3.63) is 83.9 Å². The van der Waals surface area contributed by atoms with E-state index in [9.17, 15) is 0 Å². The van der Waals surface area contributed by atoms with Gasteiger partial charge in [-0.15, -0.1) is 0 Å². The number of anilines is 2. The van der Waals surface area contributed by atoms with E-state index in [1.54, 1.807) is 6.21 Å². The van der Waals surface area contributed by atoms with E-state index in [1.165, 1.54) is 11.3 Å². The van der Waals surface area contributed by atoms with Crippen LogP contribution in [0.15, 0.2) is 77.9 Å². The Kier molecular flexibility index (Phi) is 6.22. The first kappa shape index (κ1) is 20.5. The number of nitrogens with one attached hydrogen (secondary N) is 1. The summed E-state index contributed by atoms with van der Waals surface area (Å²) < 4.78 is 0. The number of nitrogens with zero attached hydrogens (tertiary/aromatic N) is 4. The van der Waals surface area contributed by atoms with Crippen LogP contribution in [0.3, 0.4) is 0 Å². The van der Waals surface area contributed by atoms with Crippen molar-refractivity contribution in [2.45, 2.75) is 20.8 Å². The van der Waals surface area contributed by atoms with Crippen molar-refractivity contribution in [3.8, 4) is 11.3 Å². The molecule has 5 nitrogen and oxygen atoms in total. The third kappa shape index (κ3) is 4.72. The molecule has 31 heavy (non-hydrogen) atoms. The molecule has 156 valence electrons. The van der Waals surface area contributed by atoms with E-state index in [4.69, 9.17) is 4.98 Å². The van der Waals surface area contributed by atoms with Crippen molar-refractivity contribution in [2.24, 2.45) is 5.10 Å². The predicted molar refractivity (Wildman–Crippen MR) is 131 cm³/mol. The van der Waals surface area contributed by atoms with Crippen molar-refractivity contribution < 1.29 is 0 Å². The summed E-state index contributed by atoms with van der Waals surface area (Å²) in [6.07, 6.45) is 1.79. The van der Waals surface area contributed by atoms with Gasteiger partial charge in [0.1, 0.15) is 0 Å². The van der Waals surface area contributed by atoms with Crippen LogP contribution in [0.5, 0.6) is 0 Å². The van der Waals surface area contributed by atoms with Gasteiger partial charge in [-0.1, -0.05) is 54.1 Å². The Morgan fingerprint density at radius 2 is 1.65 bits per heavy atom. The molecule has 0 aliphatic heterocycles. The second kappa shape index (κ2) is 9.39. The number of aryl methyl sites for hydroxylation is 1. The van der Waals surface area contributed by atoms with Crippen molar-refractivity contribution >= 4 is 28.8 Å². The van der Waals surface area contributed by atoms with Crippen molar-refractivity contribution in [1.29, 1.82) is 0 Å². The molecule has 0 aliphatic rings. The molecule has 0 spiro atoms. The highest BCUT2D eigenvalue weighted by molar-refractivity contribution is 5.93. The van der Waals surface area contributed by atoms with E-state index in [2.05, 4.69) is 89.7 Å². The van der Waals surface area contributed by atoms with Crippen molar-refractivity contribution in [3.63, 3.8) is 0 Å². The number of hydrazone groups is 1. The van der Waals surface area contributed by atoms with Crippen LogP contribution in [0, 0.1) is 6.92 Å². The molecule has 0 fully saturated rings. The highest BCUT2D eigenvalue weighted by Crippen LogP contribution is 2.28. The largest absolute Gasteiger partial charge is 0.372 e. The SMILES string of the molecule is CCN(CC)c1ccc(/C=N/Nc2nc(-c3ccccc3)c3cc(C)ccc3n2)cc1. The van der Waals surface area contributed by atoms with E-state index in [0.717, 1.165) is 40.8 Å². The van der Waals surface area contributed by atoms with Crippen LogP contribution in [0.1, 0.15) is 25.0 Å². The fourth-order valence-electron chi connectivity index (χ4n) is 3.63. The molecule has 3 aromatic carbocycles. The first-order valence-electron chi connectivity index (χ1n) is 10.7. The van der Waals surface area contributed by atoms with Crippen LogP contribution >= 0.6 is 0 Å². The highest BCUT2D eigenvalue weighted by atomic mass is 15.3. The molecule has 4 aromatic rings. The Morgan fingerprint density at radius 1 is 0.903 bits per heavy atom. The van der Waals surface area contributed by atoms with Crippen molar-refractivity contribution in [2.75, 3.05) is 23.4 Å². The monoisotopic (exact) mass is 409 g/mol. The van der Waals surface area contributed by atoms with Gasteiger partial charge in [-0.3, -0.25) is 0 Å². The lowest BCUT2D eigenvalue weighted by Gasteiger charge is -2.20. The van der Waals surface area contributed by atoms with Gasteiger partial charge in [0.25, 0.3) is 0 Å². The van der Waals surface area contributed by atoms with Gasteiger partial charge in [0.15, 0.2) is 0 Å². The standard InChI is InChI=1S/C26H27N5/c1-4-31(5-2)22-14-12-20(13-15-22)18-27-30-26-28-24-16-11-19(3)17-23(24)25(29-26)21-9-7-6-8-10-21/h6-18H,4-5H2,1-3H3,(H,28,29,30)/b27-18+. The van der Waals surface area contributed by atoms with Crippen LogP contribution in [-0.4, -0.2) is 29.3 Å². The maximum atomic E-state index is 4.76. The molecule has 0 radical (unpaired) electrons. The fraction of sp³-hybridized carbons (Fsp3) is 0.192. The Hall–Kier alpha value is -3.73. The first-order chi connectivity index (χ1) is 15.2. The zero-order valence-corrected chi connectivity index (χ0v) is 18.2. The molecule has 0 saturated heterocycles. The molecule has 0 atom stereocenters. The molecular weight excluding hydrogens is 382 g/mol. The van der Waals surface area contributed by atoms with E-state index in [-0.39, 0.29) is 0 Å². The van der Waals surface area contributed by atoms with Gasteiger partial charge in [-0.2, -0.15) is 5.10 Å². The van der Waals surface area contributed by atoms with E-state index in [1.807, 2.05) is 24.3 Å². The molecular formula is C26H27N5. The van der Waals surface area contributed by atoms with Crippen LogP contribution in [0.2, 0.25) is 0 Å². The Labute approximate surface area is 183 Å². The second-order valence-corrected chi connectivity index (χ2v) is 7.42. The summed E-state index contributed by atoms with van der Waals surface area (Å²) in [5.74, 6) is 0.478. The van der Waals surface area contributed by atoms with Crippen LogP contribution in [0.25, 0.3) is 22.2 Å². The lowest BCUT2D eigenvalue weighted by Crippen LogP contribution is -2.21. The Balaban J connectivity index is 1.59. The summed E-state index contributed by atoms with van der Waals surface area (Å²) in [7, 11) is 0. The lowest BCUT2D eigenvalue weighted by molar-refractivity contribution is 0.866. The summed E-state index contributed by atoms with van der Waals surface area (Å²) >= 11 is 0. The van der Waals surface area contributed by atoms with E-state index < -0.39 is 0 Å². The minimum atomic E-state index is 0.478. The second-order valence-electron chi connectivity index (χ2n) is 7.42. The summed E-state index contributed by atoms with van der Waals surface area (Å²) in [5, 5.41) is 5.41. The average Bonchev–Trinajstić information content (AvgIpc) is 2.81. The third-order valence-corrected chi connectivity index (χ3v) is 5.30. The molecule has 0 saturated carbocycles. The van der Waals surface area contributed by atoms with Gasteiger partial charge in [-0.25, -0.2) is 15.4 Å². The highest BCUT2D eigenvalue weighted by Gasteiger charge is 2.10. The van der Waals surface area contributed by atoms with E-state index >= 15 is 0 Å². The van der Waals surface area contributed by atoms with Crippen LogP contribution < -0.4 is 10.3 Å². The quantitative estimate of drug-likeness (QED) is 0.305. The fourth-order valence-corrected chi connectivity index (χ4v) is 3.63. The molecule has 1 N–H and O–H groups in total. The average molecular weight is 410 g/mol. The normalized spacial score (nSPS) is 11.2. The number of rotatable bonds is 7. The summed E-state index contributed by atoms with van der Waals surface area (Å²) in [5.41, 5.74) is 9.27. The molecule has 0 aliphatic carbocycles. The number of hydrogen-bond donors (Lipinski definition) is 1. The summed E-state index contributed by atoms with van der Waals surface area (Å²) in [4.78, 5) is 11.7. The smallest absolute Gasteiger partial charge is 0.244 e. The predicted octanol–water partition coefficient (Wildman–Crippen LogP) is 5.90. The van der Waals surface area contributed by atoms with Gasteiger partial charge in [-0.05, 0) is 50.6 Å². The summed E-state index contributed by atoms with van der Waals surface area (Å²) in [6.45, 7) is 8.40. The van der Waals surface area contributed by atoms with E-state index in [0.29, 0.717) is 5.95 Å². The Morgan fingerprint density at radius 3 is 2.35 bits per heavy atom. The minimum absolute atomic E-state index is 0.478. The molecule has 5 heteroatoms. The van der Waals surface area contributed by atoms with Gasteiger partial charge < -0.3 is 4.90 Å². The maximum absolute atomic E-state index is 4.76. The van der Waals surface area contributed by atoms with Gasteiger partial charge in [0.2, 0.25) is 5.95 Å².